The van der Waals surface area contributed by atoms with Crippen LogP contribution in [-0.2, 0) is 16.0 Å². The minimum atomic E-state index is -0.524. The van der Waals surface area contributed by atoms with Crippen LogP contribution in [0.4, 0.5) is 0 Å². The molecule has 1 aliphatic heterocycles. The fourth-order valence-corrected chi connectivity index (χ4v) is 2.52. The van der Waals surface area contributed by atoms with E-state index in [1.54, 1.807) is 13.0 Å². The fourth-order valence-electron chi connectivity index (χ4n) is 2.38. The van der Waals surface area contributed by atoms with Gasteiger partial charge in [0.1, 0.15) is 16.5 Å². The monoisotopic (exact) mass is 324 g/mol. The second-order valence-electron chi connectivity index (χ2n) is 5.27. The lowest BCUT2D eigenvalue weighted by atomic mass is 9.98. The summed E-state index contributed by atoms with van der Waals surface area (Å²) in [6.07, 6.45) is 4.76. The number of carbonyl (C=O) groups is 2. The number of hydrogen-bond acceptors (Lipinski definition) is 5. The molecule has 0 saturated carbocycles. The van der Waals surface area contributed by atoms with Gasteiger partial charge < -0.3 is 14.9 Å². The van der Waals surface area contributed by atoms with Crippen LogP contribution in [0, 0.1) is 0 Å². The van der Waals surface area contributed by atoms with Gasteiger partial charge in [-0.05, 0) is 43.9 Å². The summed E-state index contributed by atoms with van der Waals surface area (Å²) in [5.74, 6) is -1.89. The standard InChI is InChI=1S/C16H17ClO5/c1-9-5-3-2-4-6-11(18)14-10(8-13(20)22-9)7-12(19)15(17)16(14)21/h4,6-7,9,19,21H,2-3,5,8H2,1H3/b6-4+/t9-/m0/s1. The molecule has 22 heavy (non-hydrogen) atoms. The Morgan fingerprint density at radius 1 is 1.32 bits per heavy atom. The molecule has 0 fully saturated rings. The Kier molecular flexibility index (Phi) is 5.08. The summed E-state index contributed by atoms with van der Waals surface area (Å²) in [7, 11) is 0. The van der Waals surface area contributed by atoms with Crippen LogP contribution in [0.1, 0.15) is 42.1 Å². The van der Waals surface area contributed by atoms with Crippen LogP contribution in [-0.4, -0.2) is 28.1 Å². The van der Waals surface area contributed by atoms with E-state index in [-0.39, 0.29) is 34.4 Å². The van der Waals surface area contributed by atoms with Gasteiger partial charge in [-0.25, -0.2) is 0 Å². The van der Waals surface area contributed by atoms with Crippen molar-refractivity contribution >= 4 is 23.4 Å². The summed E-state index contributed by atoms with van der Waals surface area (Å²) in [6, 6.07) is 1.21. The van der Waals surface area contributed by atoms with Crippen LogP contribution in [0.15, 0.2) is 18.2 Å². The fraction of sp³-hybridized carbons (Fsp3) is 0.375. The number of rotatable bonds is 0. The molecular weight excluding hydrogens is 308 g/mol. The minimum Gasteiger partial charge on any atom is -0.506 e. The number of phenolic OH excluding ortho intramolecular Hbond substituents is 2. The highest BCUT2D eigenvalue weighted by Crippen LogP contribution is 2.38. The third-order valence-corrected chi connectivity index (χ3v) is 3.84. The van der Waals surface area contributed by atoms with Gasteiger partial charge in [0.2, 0.25) is 0 Å². The van der Waals surface area contributed by atoms with Gasteiger partial charge in [0.05, 0.1) is 18.1 Å². The molecule has 0 aliphatic carbocycles. The number of cyclic esters (lactones) is 1. The molecule has 118 valence electrons. The maximum absolute atomic E-state index is 12.2. The molecule has 5 nitrogen and oxygen atoms in total. The Morgan fingerprint density at radius 2 is 2.05 bits per heavy atom. The third kappa shape index (κ3) is 3.60. The first-order valence-corrected chi connectivity index (χ1v) is 7.41. The van der Waals surface area contributed by atoms with Crippen molar-refractivity contribution in [2.75, 3.05) is 0 Å². The molecule has 1 aromatic rings. The molecule has 0 bridgehead atoms. The van der Waals surface area contributed by atoms with Gasteiger partial charge in [-0.3, -0.25) is 9.59 Å². The second kappa shape index (κ2) is 6.83. The van der Waals surface area contributed by atoms with E-state index < -0.39 is 17.5 Å². The first-order valence-electron chi connectivity index (χ1n) is 7.03. The van der Waals surface area contributed by atoms with E-state index in [2.05, 4.69) is 0 Å². The van der Waals surface area contributed by atoms with Gasteiger partial charge in [-0.1, -0.05) is 17.7 Å². The lowest BCUT2D eigenvalue weighted by Crippen LogP contribution is -2.18. The topological polar surface area (TPSA) is 83.8 Å². The normalized spacial score (nSPS) is 21.3. The molecule has 0 saturated heterocycles. The van der Waals surface area contributed by atoms with Gasteiger partial charge in [-0.2, -0.15) is 0 Å². The SMILES string of the molecule is C[C@H]1CCC/C=C/C(=O)c2c(cc(O)c(Cl)c2O)CC(=O)O1. The molecule has 0 unspecified atom stereocenters. The Hall–Kier alpha value is -2.01. The number of halogens is 1. The number of ether oxygens (including phenoxy) is 1. The van der Waals surface area contributed by atoms with Gasteiger partial charge >= 0.3 is 5.97 Å². The van der Waals surface area contributed by atoms with E-state index in [0.29, 0.717) is 12.8 Å². The van der Waals surface area contributed by atoms with E-state index in [0.717, 1.165) is 6.42 Å². The van der Waals surface area contributed by atoms with Crippen molar-refractivity contribution in [3.63, 3.8) is 0 Å². The summed E-state index contributed by atoms with van der Waals surface area (Å²) < 4.78 is 5.25. The Labute approximate surface area is 133 Å². The molecule has 1 aliphatic rings. The van der Waals surface area contributed by atoms with E-state index in [9.17, 15) is 19.8 Å². The number of hydrogen-bond donors (Lipinski definition) is 2. The quantitative estimate of drug-likeness (QED) is 0.716. The second-order valence-corrected chi connectivity index (χ2v) is 5.65. The van der Waals surface area contributed by atoms with E-state index in [4.69, 9.17) is 16.3 Å². The third-order valence-electron chi connectivity index (χ3n) is 3.47. The highest BCUT2D eigenvalue weighted by Gasteiger charge is 2.23. The predicted molar refractivity (Wildman–Crippen MR) is 81.4 cm³/mol. The molecule has 0 aromatic heterocycles. The number of fused-ring (bicyclic) bond motifs is 1. The lowest BCUT2D eigenvalue weighted by Gasteiger charge is -2.16. The molecular formula is C16H17ClO5. The van der Waals surface area contributed by atoms with Crippen molar-refractivity contribution in [3.05, 3.63) is 34.4 Å². The molecule has 0 radical (unpaired) electrons. The van der Waals surface area contributed by atoms with Crippen molar-refractivity contribution in [2.24, 2.45) is 0 Å². The maximum atomic E-state index is 12.2. The first-order chi connectivity index (χ1) is 10.4. The number of benzene rings is 1. The molecule has 2 rings (SSSR count). The molecule has 6 heteroatoms. The summed E-state index contributed by atoms with van der Waals surface area (Å²) in [5, 5.41) is 19.4. The summed E-state index contributed by atoms with van der Waals surface area (Å²) in [5.41, 5.74) is 0.107. The van der Waals surface area contributed by atoms with E-state index in [1.807, 2.05) is 0 Å². The Bertz CT molecular complexity index is 636. The zero-order valence-electron chi connectivity index (χ0n) is 12.1. The number of esters is 1. The zero-order chi connectivity index (χ0) is 16.3. The highest BCUT2D eigenvalue weighted by atomic mass is 35.5. The minimum absolute atomic E-state index is 0.0794. The van der Waals surface area contributed by atoms with Crippen molar-refractivity contribution in [3.8, 4) is 11.5 Å². The van der Waals surface area contributed by atoms with Crippen molar-refractivity contribution < 1.29 is 24.5 Å². The van der Waals surface area contributed by atoms with Gasteiger partial charge in [-0.15, -0.1) is 0 Å². The van der Waals surface area contributed by atoms with Gasteiger partial charge in [0, 0.05) is 0 Å². The number of phenols is 2. The number of carbonyl (C=O) groups excluding carboxylic acids is 2. The number of allylic oxidation sites excluding steroid dienone is 2. The molecule has 2 N–H and O–H groups in total. The van der Waals surface area contributed by atoms with Crippen LogP contribution < -0.4 is 0 Å². The summed E-state index contributed by atoms with van der Waals surface area (Å²) in [4.78, 5) is 24.2. The van der Waals surface area contributed by atoms with E-state index >= 15 is 0 Å². The summed E-state index contributed by atoms with van der Waals surface area (Å²) in [6.45, 7) is 1.80. The van der Waals surface area contributed by atoms with Crippen LogP contribution in [0.3, 0.4) is 0 Å². The molecule has 1 heterocycles. The number of ketones is 1. The highest BCUT2D eigenvalue weighted by molar-refractivity contribution is 6.34. The molecule has 1 atom stereocenters. The van der Waals surface area contributed by atoms with E-state index in [1.165, 1.54) is 12.1 Å². The van der Waals surface area contributed by atoms with Crippen molar-refractivity contribution in [1.29, 1.82) is 0 Å². The molecule has 0 amide bonds. The average Bonchev–Trinajstić information content (AvgIpc) is 2.43. The average molecular weight is 325 g/mol. The summed E-state index contributed by atoms with van der Waals surface area (Å²) >= 11 is 5.77. The van der Waals surface area contributed by atoms with Gasteiger partial charge in [0.25, 0.3) is 0 Å². The van der Waals surface area contributed by atoms with Crippen LogP contribution in [0.5, 0.6) is 11.5 Å². The Balaban J connectivity index is 2.50. The van der Waals surface area contributed by atoms with Crippen LogP contribution in [0.2, 0.25) is 5.02 Å². The molecule has 0 spiro atoms. The lowest BCUT2D eigenvalue weighted by molar-refractivity contribution is -0.147. The van der Waals surface area contributed by atoms with Crippen molar-refractivity contribution in [2.45, 2.75) is 38.7 Å². The van der Waals surface area contributed by atoms with Crippen LogP contribution in [0.25, 0.3) is 0 Å². The predicted octanol–water partition coefficient (Wildman–Crippen LogP) is 3.15. The first kappa shape index (κ1) is 16.4. The maximum Gasteiger partial charge on any atom is 0.310 e. The van der Waals surface area contributed by atoms with Crippen molar-refractivity contribution in [1.82, 2.24) is 0 Å². The number of aromatic hydroxyl groups is 2. The largest absolute Gasteiger partial charge is 0.506 e. The van der Waals surface area contributed by atoms with Crippen LogP contribution >= 0.6 is 11.6 Å². The smallest absolute Gasteiger partial charge is 0.310 e. The van der Waals surface area contributed by atoms with Gasteiger partial charge in [0.15, 0.2) is 5.78 Å². The molecule has 1 aromatic carbocycles. The Morgan fingerprint density at radius 3 is 2.77 bits per heavy atom. The zero-order valence-corrected chi connectivity index (χ0v) is 12.9.